The topological polar surface area (TPSA) is 89.0 Å². The molecule has 7 nitrogen and oxygen atoms in total. The molecule has 0 unspecified atom stereocenters. The van der Waals surface area contributed by atoms with E-state index in [1.165, 1.54) is 12.3 Å². The van der Waals surface area contributed by atoms with Crippen LogP contribution in [0.5, 0.6) is 11.5 Å². The summed E-state index contributed by atoms with van der Waals surface area (Å²) in [6, 6.07) is 14.6. The second-order valence-electron chi connectivity index (χ2n) is 7.26. The van der Waals surface area contributed by atoms with Gasteiger partial charge in [-0.2, -0.15) is 5.10 Å². The Labute approximate surface area is 215 Å². The molecule has 0 aliphatic rings. The Hall–Kier alpha value is -3.43. The minimum Gasteiger partial charge on any atom is -0.490 e. The molecule has 0 aliphatic heterocycles. The van der Waals surface area contributed by atoms with Crippen molar-refractivity contribution in [2.75, 3.05) is 11.9 Å². The van der Waals surface area contributed by atoms with Crippen LogP contribution in [0.2, 0.25) is 5.02 Å². The average molecular weight is 563 g/mol. The molecule has 0 aromatic heterocycles. The smallest absolute Gasteiger partial charge is 0.329 e. The van der Waals surface area contributed by atoms with E-state index in [2.05, 4.69) is 31.8 Å². The van der Waals surface area contributed by atoms with Gasteiger partial charge in [0.2, 0.25) is 0 Å². The summed E-state index contributed by atoms with van der Waals surface area (Å²) in [5.74, 6) is -1.41. The van der Waals surface area contributed by atoms with E-state index in [1.54, 1.807) is 48.5 Å². The van der Waals surface area contributed by atoms with E-state index in [-0.39, 0.29) is 12.4 Å². The number of carbonyl (C=O) groups is 2. The van der Waals surface area contributed by atoms with Gasteiger partial charge >= 0.3 is 11.8 Å². The predicted octanol–water partition coefficient (Wildman–Crippen LogP) is 5.62. The highest BCUT2D eigenvalue weighted by atomic mass is 79.9. The largest absolute Gasteiger partial charge is 0.490 e. The van der Waals surface area contributed by atoms with Crippen molar-refractivity contribution in [1.82, 2.24) is 5.43 Å². The summed E-state index contributed by atoms with van der Waals surface area (Å²) >= 11 is 9.46. The van der Waals surface area contributed by atoms with Gasteiger partial charge < -0.3 is 14.8 Å². The Bertz CT molecular complexity index is 1270. The fraction of sp³-hybridized carbons (Fsp3) is 0.160. The van der Waals surface area contributed by atoms with E-state index in [1.807, 2.05) is 13.8 Å². The molecule has 0 aliphatic carbocycles. The van der Waals surface area contributed by atoms with Gasteiger partial charge in [-0.05, 0) is 71.2 Å². The number of halogens is 3. The van der Waals surface area contributed by atoms with Crippen molar-refractivity contribution in [3.8, 4) is 11.5 Å². The molecule has 0 heterocycles. The first-order chi connectivity index (χ1) is 16.8. The highest BCUT2D eigenvalue weighted by molar-refractivity contribution is 9.10. The zero-order valence-corrected chi connectivity index (χ0v) is 21.2. The number of carbonyl (C=O) groups excluding carboxylic acids is 2. The maximum Gasteiger partial charge on any atom is 0.329 e. The van der Waals surface area contributed by atoms with E-state index in [0.29, 0.717) is 44.4 Å². The molecular weight excluding hydrogens is 541 g/mol. The first-order valence-corrected chi connectivity index (χ1v) is 11.7. The van der Waals surface area contributed by atoms with Crippen molar-refractivity contribution in [2.45, 2.75) is 20.5 Å². The Balaban J connectivity index is 1.66. The van der Waals surface area contributed by atoms with E-state index in [4.69, 9.17) is 21.1 Å². The first kappa shape index (κ1) is 26.2. The molecule has 0 saturated heterocycles. The number of nitrogens with zero attached hydrogens (tertiary/aromatic N) is 1. The number of hydrazone groups is 1. The van der Waals surface area contributed by atoms with Crippen LogP contribution < -0.4 is 20.2 Å². The molecule has 10 heteroatoms. The molecule has 0 saturated carbocycles. The lowest BCUT2D eigenvalue weighted by Crippen LogP contribution is -2.32. The maximum absolute atomic E-state index is 13.9. The molecule has 182 valence electrons. The Morgan fingerprint density at radius 1 is 1.11 bits per heavy atom. The third-order valence-corrected chi connectivity index (χ3v) is 5.67. The molecular formula is C25H22BrClFN3O4. The van der Waals surface area contributed by atoms with Gasteiger partial charge in [-0.3, -0.25) is 9.59 Å². The third kappa shape index (κ3) is 7.27. The Morgan fingerprint density at radius 3 is 2.60 bits per heavy atom. The molecule has 0 radical (unpaired) electrons. The van der Waals surface area contributed by atoms with Crippen LogP contribution in [0.4, 0.5) is 10.1 Å². The van der Waals surface area contributed by atoms with Crippen LogP contribution in [0.1, 0.15) is 23.6 Å². The fourth-order valence-corrected chi connectivity index (χ4v) is 3.66. The van der Waals surface area contributed by atoms with Crippen molar-refractivity contribution >= 4 is 51.2 Å². The fourth-order valence-electron chi connectivity index (χ4n) is 2.91. The molecule has 0 spiro atoms. The number of hydrogen-bond acceptors (Lipinski definition) is 5. The summed E-state index contributed by atoms with van der Waals surface area (Å²) in [6.45, 7) is 4.01. The van der Waals surface area contributed by atoms with Gasteiger partial charge in [0.25, 0.3) is 0 Å². The lowest BCUT2D eigenvalue weighted by Gasteiger charge is -2.15. The van der Waals surface area contributed by atoms with Gasteiger partial charge in [0.1, 0.15) is 12.4 Å². The zero-order chi connectivity index (χ0) is 25.4. The van der Waals surface area contributed by atoms with Crippen LogP contribution in [0, 0.1) is 12.7 Å². The molecule has 3 aromatic carbocycles. The molecule has 0 bridgehead atoms. The van der Waals surface area contributed by atoms with Crippen molar-refractivity contribution < 1.29 is 23.5 Å². The van der Waals surface area contributed by atoms with Gasteiger partial charge in [-0.25, -0.2) is 9.82 Å². The van der Waals surface area contributed by atoms with Gasteiger partial charge in [0, 0.05) is 16.3 Å². The monoisotopic (exact) mass is 561 g/mol. The lowest BCUT2D eigenvalue weighted by atomic mass is 10.2. The Morgan fingerprint density at radius 2 is 1.89 bits per heavy atom. The van der Waals surface area contributed by atoms with Crippen molar-refractivity contribution in [2.24, 2.45) is 5.10 Å². The van der Waals surface area contributed by atoms with E-state index >= 15 is 0 Å². The van der Waals surface area contributed by atoms with Gasteiger partial charge in [0.05, 0.1) is 17.3 Å². The number of aryl methyl sites for hydroxylation is 1. The van der Waals surface area contributed by atoms with Crippen LogP contribution in [0.25, 0.3) is 0 Å². The maximum atomic E-state index is 13.9. The Kier molecular flexibility index (Phi) is 9.22. The van der Waals surface area contributed by atoms with Crippen molar-refractivity contribution in [1.29, 1.82) is 0 Å². The molecule has 3 rings (SSSR count). The number of nitrogens with one attached hydrogen (secondary N) is 2. The molecule has 35 heavy (non-hydrogen) atoms. The molecule has 3 aromatic rings. The quantitative estimate of drug-likeness (QED) is 0.212. The van der Waals surface area contributed by atoms with Crippen molar-refractivity contribution in [3.63, 3.8) is 0 Å². The normalized spacial score (nSPS) is 10.8. The minimum atomic E-state index is -0.952. The first-order valence-electron chi connectivity index (χ1n) is 10.5. The lowest BCUT2D eigenvalue weighted by molar-refractivity contribution is -0.136. The van der Waals surface area contributed by atoms with Crippen LogP contribution in [-0.2, 0) is 16.2 Å². The third-order valence-electron chi connectivity index (χ3n) is 4.68. The van der Waals surface area contributed by atoms with Gasteiger partial charge in [0.15, 0.2) is 11.5 Å². The van der Waals surface area contributed by atoms with Crippen molar-refractivity contribution in [3.05, 3.63) is 86.6 Å². The van der Waals surface area contributed by atoms with Crippen LogP contribution in [0.15, 0.2) is 64.2 Å². The molecule has 2 N–H and O–H groups in total. The van der Waals surface area contributed by atoms with Gasteiger partial charge in [-0.15, -0.1) is 0 Å². The summed E-state index contributed by atoms with van der Waals surface area (Å²) in [6.07, 6.45) is 1.35. The van der Waals surface area contributed by atoms with E-state index in [0.717, 1.165) is 5.56 Å². The second-order valence-corrected chi connectivity index (χ2v) is 8.52. The number of rotatable bonds is 8. The van der Waals surface area contributed by atoms with E-state index in [9.17, 15) is 14.0 Å². The summed E-state index contributed by atoms with van der Waals surface area (Å²) in [5, 5.41) is 6.76. The number of amides is 2. The zero-order valence-electron chi connectivity index (χ0n) is 18.9. The SMILES string of the molecule is CCOc1cc(/C=N/NC(=O)C(=O)Nc2ccc(C)c(Cl)c2)cc(Br)c1OCc1ccccc1F. The second kappa shape index (κ2) is 12.3. The standard InChI is InChI=1S/C25H22BrClFN3O4/c1-3-34-22-11-16(10-19(26)23(22)35-14-17-6-4-5-7-21(17)28)13-29-31-25(33)24(32)30-18-9-8-15(2)20(27)12-18/h4-13H,3,14H2,1-2H3,(H,30,32)(H,31,33)/b29-13+. The number of anilines is 1. The number of benzene rings is 3. The summed E-state index contributed by atoms with van der Waals surface area (Å²) in [7, 11) is 0. The van der Waals surface area contributed by atoms with Gasteiger partial charge in [-0.1, -0.05) is 35.9 Å². The number of hydrogen-bond donors (Lipinski definition) is 2. The summed E-state index contributed by atoms with van der Waals surface area (Å²) < 4.78 is 25.9. The van der Waals surface area contributed by atoms with Crippen LogP contribution >= 0.6 is 27.5 Å². The molecule has 0 atom stereocenters. The highest BCUT2D eigenvalue weighted by Crippen LogP contribution is 2.37. The molecule has 2 amide bonds. The van der Waals surface area contributed by atoms with Crippen LogP contribution in [0.3, 0.4) is 0 Å². The highest BCUT2D eigenvalue weighted by Gasteiger charge is 2.15. The number of ether oxygens (including phenoxy) is 2. The summed E-state index contributed by atoms with van der Waals surface area (Å²) in [4.78, 5) is 24.2. The minimum absolute atomic E-state index is 0.0101. The predicted molar refractivity (Wildman–Crippen MR) is 137 cm³/mol. The molecule has 0 fully saturated rings. The van der Waals surface area contributed by atoms with E-state index < -0.39 is 11.8 Å². The van der Waals surface area contributed by atoms with Crippen LogP contribution in [-0.4, -0.2) is 24.6 Å². The average Bonchev–Trinajstić information content (AvgIpc) is 2.82. The summed E-state index contributed by atoms with van der Waals surface area (Å²) in [5.41, 5.74) is 4.37.